The molecule has 0 aliphatic rings. The van der Waals surface area contributed by atoms with E-state index in [0.29, 0.717) is 4.47 Å². The number of benzene rings is 1. The van der Waals surface area contributed by atoms with Gasteiger partial charge in [-0.25, -0.2) is 4.79 Å². The summed E-state index contributed by atoms with van der Waals surface area (Å²) in [7, 11) is 0. The van der Waals surface area contributed by atoms with Crippen LogP contribution < -0.4 is 9.47 Å². The lowest BCUT2D eigenvalue weighted by Crippen LogP contribution is -2.17. The van der Waals surface area contributed by atoms with Gasteiger partial charge in [0.2, 0.25) is 0 Å². The van der Waals surface area contributed by atoms with Gasteiger partial charge in [0.05, 0.1) is 4.47 Å². The van der Waals surface area contributed by atoms with Gasteiger partial charge in [0.25, 0.3) is 0 Å². The molecule has 1 aromatic carbocycles. The van der Waals surface area contributed by atoms with Crippen molar-refractivity contribution in [2.24, 2.45) is 0 Å². The van der Waals surface area contributed by atoms with Crippen molar-refractivity contribution in [1.29, 1.82) is 0 Å². The van der Waals surface area contributed by atoms with Crippen molar-refractivity contribution in [1.82, 2.24) is 0 Å². The molecule has 0 saturated heterocycles. The standard InChI is InChI=1S/C9H6BrF3O4/c10-6-2-1-5(17-9(11,12)13)3-7(6)16-4-8(14)15/h1-3H,4H2,(H,14,15). The minimum atomic E-state index is -4.81. The molecule has 1 N–H and O–H groups in total. The summed E-state index contributed by atoms with van der Waals surface area (Å²) in [6.07, 6.45) is -4.81. The van der Waals surface area contributed by atoms with E-state index in [-0.39, 0.29) is 5.75 Å². The van der Waals surface area contributed by atoms with E-state index in [1.807, 2.05) is 0 Å². The zero-order valence-electron chi connectivity index (χ0n) is 8.12. The fraction of sp³-hybridized carbons (Fsp3) is 0.222. The molecule has 1 rings (SSSR count). The maximum Gasteiger partial charge on any atom is 0.573 e. The van der Waals surface area contributed by atoms with Crippen molar-refractivity contribution in [2.45, 2.75) is 6.36 Å². The van der Waals surface area contributed by atoms with Gasteiger partial charge in [0.1, 0.15) is 11.5 Å². The number of carboxylic acid groups (broad SMARTS) is 1. The summed E-state index contributed by atoms with van der Waals surface area (Å²) in [6.45, 7) is -0.659. The summed E-state index contributed by atoms with van der Waals surface area (Å²) in [5, 5.41) is 8.37. The highest BCUT2D eigenvalue weighted by atomic mass is 79.9. The SMILES string of the molecule is O=C(O)COc1cc(OC(F)(F)F)ccc1Br. The number of alkyl halides is 3. The zero-order chi connectivity index (χ0) is 13.1. The fourth-order valence-electron chi connectivity index (χ4n) is 0.931. The van der Waals surface area contributed by atoms with E-state index < -0.39 is 24.7 Å². The average Bonchev–Trinajstić information content (AvgIpc) is 2.16. The van der Waals surface area contributed by atoms with Crippen LogP contribution in [0.25, 0.3) is 0 Å². The van der Waals surface area contributed by atoms with E-state index in [0.717, 1.165) is 12.1 Å². The second kappa shape index (κ2) is 5.26. The normalized spacial score (nSPS) is 11.1. The van der Waals surface area contributed by atoms with Crippen LogP contribution in [0.15, 0.2) is 22.7 Å². The molecule has 0 aromatic heterocycles. The summed E-state index contributed by atoms with van der Waals surface area (Å²) in [4.78, 5) is 10.2. The molecular weight excluding hydrogens is 309 g/mol. The summed E-state index contributed by atoms with van der Waals surface area (Å²) in [5.41, 5.74) is 0. The molecule has 8 heteroatoms. The van der Waals surface area contributed by atoms with Crippen LogP contribution in [-0.2, 0) is 4.79 Å². The van der Waals surface area contributed by atoms with E-state index in [4.69, 9.17) is 9.84 Å². The molecule has 1 aromatic rings. The summed E-state index contributed by atoms with van der Waals surface area (Å²) in [6, 6.07) is 3.28. The first kappa shape index (κ1) is 13.6. The van der Waals surface area contributed by atoms with Crippen molar-refractivity contribution < 1.29 is 32.5 Å². The Balaban J connectivity index is 2.83. The molecule has 0 atom stereocenters. The van der Waals surface area contributed by atoms with Gasteiger partial charge < -0.3 is 14.6 Å². The Morgan fingerprint density at radius 1 is 1.41 bits per heavy atom. The molecule has 0 saturated carbocycles. The molecule has 0 aliphatic carbocycles. The largest absolute Gasteiger partial charge is 0.573 e. The third-order valence-corrected chi connectivity index (χ3v) is 2.14. The van der Waals surface area contributed by atoms with E-state index in [9.17, 15) is 18.0 Å². The Morgan fingerprint density at radius 3 is 2.59 bits per heavy atom. The summed E-state index contributed by atoms with van der Waals surface area (Å²) >= 11 is 3.01. The Kier molecular flexibility index (Phi) is 4.22. The first-order chi connectivity index (χ1) is 7.78. The highest BCUT2D eigenvalue weighted by Gasteiger charge is 2.31. The molecule has 0 spiro atoms. The van der Waals surface area contributed by atoms with Crippen LogP contribution in [-0.4, -0.2) is 24.0 Å². The van der Waals surface area contributed by atoms with Crippen LogP contribution in [0.3, 0.4) is 0 Å². The van der Waals surface area contributed by atoms with E-state index in [2.05, 4.69) is 20.7 Å². The van der Waals surface area contributed by atoms with E-state index in [1.54, 1.807) is 0 Å². The number of hydrogen-bond acceptors (Lipinski definition) is 3. The van der Waals surface area contributed by atoms with Crippen molar-refractivity contribution >= 4 is 21.9 Å². The predicted molar refractivity (Wildman–Crippen MR) is 54.0 cm³/mol. The predicted octanol–water partition coefficient (Wildman–Crippen LogP) is 2.81. The maximum absolute atomic E-state index is 11.9. The van der Waals surface area contributed by atoms with Crippen LogP contribution >= 0.6 is 15.9 Å². The number of carbonyl (C=O) groups is 1. The second-order valence-electron chi connectivity index (χ2n) is 2.82. The highest BCUT2D eigenvalue weighted by molar-refractivity contribution is 9.10. The molecule has 0 heterocycles. The number of carboxylic acids is 1. The third-order valence-electron chi connectivity index (χ3n) is 1.49. The monoisotopic (exact) mass is 314 g/mol. The summed E-state index contributed by atoms with van der Waals surface area (Å²) in [5.74, 6) is -1.77. The van der Waals surface area contributed by atoms with Crippen LogP contribution in [0.1, 0.15) is 0 Å². The molecule has 0 fully saturated rings. The Morgan fingerprint density at radius 2 is 2.06 bits per heavy atom. The quantitative estimate of drug-likeness (QED) is 0.928. The number of hydrogen-bond donors (Lipinski definition) is 1. The van der Waals surface area contributed by atoms with Gasteiger partial charge in [-0.15, -0.1) is 13.2 Å². The molecule has 0 bridgehead atoms. The number of ether oxygens (including phenoxy) is 2. The molecule has 17 heavy (non-hydrogen) atoms. The van der Waals surface area contributed by atoms with Gasteiger partial charge in [0.15, 0.2) is 6.61 Å². The first-order valence-electron chi connectivity index (χ1n) is 4.18. The van der Waals surface area contributed by atoms with Crippen LogP contribution in [0.4, 0.5) is 13.2 Å². The van der Waals surface area contributed by atoms with Crippen molar-refractivity contribution in [3.05, 3.63) is 22.7 Å². The van der Waals surface area contributed by atoms with Gasteiger partial charge >= 0.3 is 12.3 Å². The Hall–Kier alpha value is -1.44. The van der Waals surface area contributed by atoms with E-state index >= 15 is 0 Å². The smallest absolute Gasteiger partial charge is 0.481 e. The number of halogens is 4. The van der Waals surface area contributed by atoms with Gasteiger partial charge in [0, 0.05) is 6.07 Å². The number of rotatable bonds is 4. The topological polar surface area (TPSA) is 55.8 Å². The number of aliphatic carboxylic acids is 1. The minimum Gasteiger partial charge on any atom is -0.481 e. The summed E-state index contributed by atoms with van der Waals surface area (Å²) < 4.78 is 44.5. The molecular formula is C9H6BrF3O4. The third kappa shape index (κ3) is 4.94. The molecule has 94 valence electrons. The van der Waals surface area contributed by atoms with Crippen LogP contribution in [0.5, 0.6) is 11.5 Å². The maximum atomic E-state index is 11.9. The fourth-order valence-corrected chi connectivity index (χ4v) is 1.29. The van der Waals surface area contributed by atoms with Gasteiger partial charge in [-0.05, 0) is 28.1 Å². The van der Waals surface area contributed by atoms with Crippen molar-refractivity contribution in [3.8, 4) is 11.5 Å². The zero-order valence-corrected chi connectivity index (χ0v) is 9.71. The average molecular weight is 315 g/mol. The molecule has 4 nitrogen and oxygen atoms in total. The Bertz CT molecular complexity index is 419. The lowest BCUT2D eigenvalue weighted by Gasteiger charge is -2.11. The highest BCUT2D eigenvalue weighted by Crippen LogP contribution is 2.32. The van der Waals surface area contributed by atoms with E-state index in [1.165, 1.54) is 6.07 Å². The molecule has 0 amide bonds. The molecule has 0 radical (unpaired) electrons. The lowest BCUT2D eigenvalue weighted by atomic mass is 10.3. The lowest BCUT2D eigenvalue weighted by molar-refractivity contribution is -0.274. The van der Waals surface area contributed by atoms with Crippen LogP contribution in [0.2, 0.25) is 0 Å². The molecule has 0 aliphatic heterocycles. The van der Waals surface area contributed by atoms with Crippen molar-refractivity contribution in [2.75, 3.05) is 6.61 Å². The first-order valence-corrected chi connectivity index (χ1v) is 4.97. The molecule has 0 unspecified atom stereocenters. The van der Waals surface area contributed by atoms with Crippen LogP contribution in [0, 0.1) is 0 Å². The minimum absolute atomic E-state index is 0.0471. The van der Waals surface area contributed by atoms with Gasteiger partial charge in [-0.2, -0.15) is 0 Å². The van der Waals surface area contributed by atoms with Gasteiger partial charge in [-0.1, -0.05) is 0 Å². The Labute approximate surface area is 102 Å². The van der Waals surface area contributed by atoms with Crippen molar-refractivity contribution in [3.63, 3.8) is 0 Å². The van der Waals surface area contributed by atoms with Gasteiger partial charge in [-0.3, -0.25) is 0 Å². The second-order valence-corrected chi connectivity index (χ2v) is 3.68.